The Balaban J connectivity index is 2.98. The van der Waals surface area contributed by atoms with Crippen molar-refractivity contribution >= 4 is 17.3 Å². The van der Waals surface area contributed by atoms with E-state index in [2.05, 4.69) is 26.5 Å². The van der Waals surface area contributed by atoms with Gasteiger partial charge in [-0.1, -0.05) is 43.7 Å². The summed E-state index contributed by atoms with van der Waals surface area (Å²) in [6.07, 6.45) is 2.08. The first-order chi connectivity index (χ1) is 9.11. The van der Waals surface area contributed by atoms with E-state index < -0.39 is 0 Å². The van der Waals surface area contributed by atoms with Gasteiger partial charge in [-0.05, 0) is 17.5 Å². The van der Waals surface area contributed by atoms with Gasteiger partial charge in [0.1, 0.15) is 0 Å². The van der Waals surface area contributed by atoms with Gasteiger partial charge in [-0.2, -0.15) is 5.26 Å². The van der Waals surface area contributed by atoms with Crippen molar-refractivity contribution < 1.29 is 4.84 Å². The number of benzene rings is 1. The van der Waals surface area contributed by atoms with E-state index in [0.717, 1.165) is 11.3 Å². The van der Waals surface area contributed by atoms with Crippen molar-refractivity contribution in [3.63, 3.8) is 0 Å². The van der Waals surface area contributed by atoms with Crippen LogP contribution in [0.1, 0.15) is 31.7 Å². The Morgan fingerprint density at radius 1 is 1.53 bits per heavy atom. The maximum Gasteiger partial charge on any atom is 0.0878 e. The van der Waals surface area contributed by atoms with Crippen LogP contribution in [0.2, 0.25) is 5.02 Å². The second-order valence-corrected chi connectivity index (χ2v) is 4.80. The topological polar surface area (TPSA) is 36.3 Å². The van der Waals surface area contributed by atoms with Crippen LogP contribution < -0.4 is 5.06 Å². The monoisotopic (exact) mass is 278 g/mol. The molecule has 3 nitrogen and oxygen atoms in total. The number of hydroxylamine groups is 1. The molecule has 0 atom stereocenters. The van der Waals surface area contributed by atoms with Gasteiger partial charge in [0.15, 0.2) is 0 Å². The summed E-state index contributed by atoms with van der Waals surface area (Å²) in [6, 6.07) is 7.93. The number of nitrogens with zero attached hydrogens (tertiary/aromatic N) is 2. The number of halogens is 1. The predicted molar refractivity (Wildman–Crippen MR) is 79.3 cm³/mol. The van der Waals surface area contributed by atoms with Gasteiger partial charge in [-0.25, -0.2) is 5.06 Å². The van der Waals surface area contributed by atoms with E-state index in [9.17, 15) is 0 Å². The van der Waals surface area contributed by atoms with Gasteiger partial charge in [0, 0.05) is 0 Å². The van der Waals surface area contributed by atoms with Crippen LogP contribution in [0.3, 0.4) is 0 Å². The molecule has 19 heavy (non-hydrogen) atoms. The van der Waals surface area contributed by atoms with E-state index in [0.29, 0.717) is 30.5 Å². The molecule has 1 aromatic carbocycles. The van der Waals surface area contributed by atoms with Gasteiger partial charge in [0.05, 0.1) is 36.4 Å². The third-order valence-electron chi connectivity index (χ3n) is 2.65. The summed E-state index contributed by atoms with van der Waals surface area (Å²) < 4.78 is 0. The standard InChI is InChI=1S/C15H19ClN2O/c1-4-10-18(19-11-6-9-17)14-8-5-7-13(12(2)3)15(14)16/h4-5,7-8,12H,1,6,10-11H2,2-3H3. The Kier molecular flexibility index (Phi) is 6.41. The molecule has 0 aromatic heterocycles. The molecule has 102 valence electrons. The molecule has 0 amide bonds. The first-order valence-corrected chi connectivity index (χ1v) is 6.66. The highest BCUT2D eigenvalue weighted by Gasteiger charge is 2.14. The molecule has 0 radical (unpaired) electrons. The fraction of sp³-hybridized carbons (Fsp3) is 0.400. The molecule has 0 aliphatic rings. The lowest BCUT2D eigenvalue weighted by Crippen LogP contribution is -2.24. The van der Waals surface area contributed by atoms with Crippen molar-refractivity contribution in [2.45, 2.75) is 26.2 Å². The molecule has 0 unspecified atom stereocenters. The molecular formula is C15H19ClN2O. The van der Waals surface area contributed by atoms with Gasteiger partial charge in [-0.3, -0.25) is 4.84 Å². The first-order valence-electron chi connectivity index (χ1n) is 6.28. The smallest absolute Gasteiger partial charge is 0.0878 e. The fourth-order valence-electron chi connectivity index (χ4n) is 1.71. The van der Waals surface area contributed by atoms with E-state index in [1.807, 2.05) is 18.2 Å². The highest BCUT2D eigenvalue weighted by atomic mass is 35.5. The van der Waals surface area contributed by atoms with Crippen LogP contribution in [0.5, 0.6) is 0 Å². The molecule has 0 spiro atoms. The zero-order chi connectivity index (χ0) is 14.3. The van der Waals surface area contributed by atoms with Gasteiger partial charge >= 0.3 is 0 Å². The van der Waals surface area contributed by atoms with Crippen LogP contribution in [0.25, 0.3) is 0 Å². The van der Waals surface area contributed by atoms with Crippen LogP contribution in [0.4, 0.5) is 5.69 Å². The number of hydrogen-bond acceptors (Lipinski definition) is 3. The molecule has 1 aromatic rings. The van der Waals surface area contributed by atoms with Crippen molar-refractivity contribution in [3.8, 4) is 6.07 Å². The number of hydrogen-bond donors (Lipinski definition) is 0. The lowest BCUT2D eigenvalue weighted by molar-refractivity contribution is 0.119. The maximum absolute atomic E-state index is 8.56. The van der Waals surface area contributed by atoms with Gasteiger partial charge < -0.3 is 0 Å². The van der Waals surface area contributed by atoms with Crippen molar-refractivity contribution in [3.05, 3.63) is 41.4 Å². The van der Waals surface area contributed by atoms with Gasteiger partial charge in [0.2, 0.25) is 0 Å². The quantitative estimate of drug-likeness (QED) is 0.424. The average Bonchev–Trinajstić information content (AvgIpc) is 2.38. The minimum atomic E-state index is 0.340. The van der Waals surface area contributed by atoms with E-state index in [1.54, 1.807) is 11.1 Å². The third kappa shape index (κ3) is 4.27. The molecule has 0 saturated heterocycles. The molecule has 0 aliphatic carbocycles. The molecule has 0 saturated carbocycles. The minimum Gasteiger partial charge on any atom is -0.272 e. The number of anilines is 1. The summed E-state index contributed by atoms with van der Waals surface area (Å²) in [5, 5.41) is 10.9. The molecule has 0 fully saturated rings. The highest BCUT2D eigenvalue weighted by molar-refractivity contribution is 6.34. The van der Waals surface area contributed by atoms with Crippen molar-refractivity contribution in [2.24, 2.45) is 0 Å². The predicted octanol–water partition coefficient (Wildman–Crippen LogP) is 4.30. The lowest BCUT2D eigenvalue weighted by Gasteiger charge is -2.24. The first kappa shape index (κ1) is 15.6. The van der Waals surface area contributed by atoms with Crippen molar-refractivity contribution in [2.75, 3.05) is 18.2 Å². The third-order valence-corrected chi connectivity index (χ3v) is 3.07. The lowest BCUT2D eigenvalue weighted by atomic mass is 10.0. The summed E-state index contributed by atoms with van der Waals surface area (Å²) in [7, 11) is 0. The van der Waals surface area contributed by atoms with E-state index in [1.165, 1.54) is 0 Å². The Labute approximate surface area is 120 Å². The van der Waals surface area contributed by atoms with E-state index in [4.69, 9.17) is 21.7 Å². The van der Waals surface area contributed by atoms with Crippen LogP contribution in [-0.4, -0.2) is 13.2 Å². The number of nitriles is 1. The summed E-state index contributed by atoms with van der Waals surface area (Å²) in [5.41, 5.74) is 1.89. The summed E-state index contributed by atoms with van der Waals surface area (Å²) in [6.45, 7) is 8.77. The zero-order valence-electron chi connectivity index (χ0n) is 11.4. The van der Waals surface area contributed by atoms with Crippen molar-refractivity contribution in [1.82, 2.24) is 0 Å². The number of rotatable bonds is 7. The van der Waals surface area contributed by atoms with E-state index in [-0.39, 0.29) is 0 Å². The Morgan fingerprint density at radius 3 is 2.84 bits per heavy atom. The van der Waals surface area contributed by atoms with E-state index >= 15 is 0 Å². The largest absolute Gasteiger partial charge is 0.272 e. The summed E-state index contributed by atoms with van der Waals surface area (Å²) in [4.78, 5) is 5.58. The average molecular weight is 279 g/mol. The second-order valence-electron chi connectivity index (χ2n) is 4.43. The zero-order valence-corrected chi connectivity index (χ0v) is 12.2. The molecule has 0 aliphatic heterocycles. The van der Waals surface area contributed by atoms with Crippen LogP contribution >= 0.6 is 11.6 Å². The van der Waals surface area contributed by atoms with Crippen LogP contribution in [0, 0.1) is 11.3 Å². The van der Waals surface area contributed by atoms with Crippen molar-refractivity contribution in [1.29, 1.82) is 5.26 Å². The Bertz CT molecular complexity index is 466. The molecule has 0 N–H and O–H groups in total. The SMILES string of the molecule is C=CCN(OCCC#N)c1cccc(C(C)C)c1Cl. The van der Waals surface area contributed by atoms with Gasteiger partial charge in [0.25, 0.3) is 0 Å². The normalized spacial score (nSPS) is 10.3. The van der Waals surface area contributed by atoms with Gasteiger partial charge in [-0.15, -0.1) is 6.58 Å². The second kappa shape index (κ2) is 7.83. The molecule has 1 rings (SSSR count). The Morgan fingerprint density at radius 2 is 2.26 bits per heavy atom. The fourth-order valence-corrected chi connectivity index (χ4v) is 2.15. The molecule has 0 heterocycles. The van der Waals surface area contributed by atoms with Crippen LogP contribution in [0.15, 0.2) is 30.9 Å². The molecular weight excluding hydrogens is 260 g/mol. The summed E-state index contributed by atoms with van der Waals surface area (Å²) >= 11 is 6.43. The maximum atomic E-state index is 8.56. The van der Waals surface area contributed by atoms with Crippen LogP contribution in [-0.2, 0) is 4.84 Å². The highest BCUT2D eigenvalue weighted by Crippen LogP contribution is 2.33. The Hall–Kier alpha value is -1.50. The molecule has 0 bridgehead atoms. The molecule has 4 heteroatoms. The summed E-state index contributed by atoms with van der Waals surface area (Å²) in [5.74, 6) is 0.345. The minimum absolute atomic E-state index is 0.340.